The van der Waals surface area contributed by atoms with E-state index in [9.17, 15) is 4.79 Å². The van der Waals surface area contributed by atoms with Crippen molar-refractivity contribution in [3.8, 4) is 0 Å². The summed E-state index contributed by atoms with van der Waals surface area (Å²) in [6, 6.07) is 2.10. The van der Waals surface area contributed by atoms with Gasteiger partial charge in [0.05, 0.1) is 12.6 Å². The SMILES string of the molecule is CNC1CCN(Cc2cc(Br)cs2)C1=O. The van der Waals surface area contributed by atoms with Gasteiger partial charge in [0.2, 0.25) is 5.91 Å². The van der Waals surface area contributed by atoms with Gasteiger partial charge in [-0.2, -0.15) is 0 Å². The predicted octanol–water partition coefficient (Wildman–Crippen LogP) is 1.83. The first kappa shape index (κ1) is 11.1. The molecule has 1 N–H and O–H groups in total. The molecular weight excluding hydrogens is 276 g/mol. The highest BCUT2D eigenvalue weighted by atomic mass is 79.9. The fourth-order valence-corrected chi connectivity index (χ4v) is 3.25. The molecule has 0 aliphatic carbocycles. The van der Waals surface area contributed by atoms with Crippen molar-refractivity contribution >= 4 is 33.2 Å². The van der Waals surface area contributed by atoms with E-state index in [2.05, 4.69) is 27.3 Å². The van der Waals surface area contributed by atoms with Gasteiger partial charge < -0.3 is 10.2 Å². The zero-order chi connectivity index (χ0) is 10.8. The van der Waals surface area contributed by atoms with Gasteiger partial charge in [-0.3, -0.25) is 4.79 Å². The monoisotopic (exact) mass is 288 g/mol. The maximum absolute atomic E-state index is 11.8. The molecule has 0 radical (unpaired) electrons. The first-order chi connectivity index (χ1) is 7.20. The number of halogens is 1. The molecule has 1 fully saturated rings. The first-order valence-corrected chi connectivity index (χ1v) is 6.57. The third kappa shape index (κ3) is 2.41. The normalized spacial score (nSPS) is 21.3. The Kier molecular flexibility index (Phi) is 3.43. The largest absolute Gasteiger partial charge is 0.336 e. The van der Waals surface area contributed by atoms with Crippen molar-refractivity contribution < 1.29 is 4.79 Å². The lowest BCUT2D eigenvalue weighted by atomic mass is 10.3. The highest BCUT2D eigenvalue weighted by molar-refractivity contribution is 9.10. The lowest BCUT2D eigenvalue weighted by Gasteiger charge is -2.15. The number of carbonyl (C=O) groups excluding carboxylic acids is 1. The van der Waals surface area contributed by atoms with Gasteiger partial charge in [0.15, 0.2) is 0 Å². The minimum absolute atomic E-state index is 0.0217. The Morgan fingerprint density at radius 1 is 1.73 bits per heavy atom. The highest BCUT2D eigenvalue weighted by Crippen LogP contribution is 2.23. The Balaban J connectivity index is 1.99. The van der Waals surface area contributed by atoms with E-state index in [1.54, 1.807) is 11.3 Å². The molecule has 1 aliphatic heterocycles. The number of hydrogen-bond donors (Lipinski definition) is 1. The smallest absolute Gasteiger partial charge is 0.240 e. The van der Waals surface area contributed by atoms with Crippen LogP contribution in [0, 0.1) is 0 Å². The third-order valence-electron chi connectivity index (χ3n) is 2.61. The molecule has 15 heavy (non-hydrogen) atoms. The van der Waals surface area contributed by atoms with Crippen LogP contribution in [0.2, 0.25) is 0 Å². The number of carbonyl (C=O) groups is 1. The number of nitrogens with one attached hydrogen (secondary N) is 1. The van der Waals surface area contributed by atoms with Gasteiger partial charge in [-0.05, 0) is 35.5 Å². The van der Waals surface area contributed by atoms with Crippen molar-refractivity contribution in [3.63, 3.8) is 0 Å². The number of hydrogen-bond acceptors (Lipinski definition) is 3. The molecule has 1 aromatic rings. The number of thiophene rings is 1. The van der Waals surface area contributed by atoms with Gasteiger partial charge in [0.25, 0.3) is 0 Å². The van der Waals surface area contributed by atoms with Crippen LogP contribution in [0.5, 0.6) is 0 Å². The molecule has 2 heterocycles. The van der Waals surface area contributed by atoms with Gasteiger partial charge in [0.1, 0.15) is 0 Å². The topological polar surface area (TPSA) is 32.3 Å². The average Bonchev–Trinajstić information content (AvgIpc) is 2.76. The van der Waals surface area contributed by atoms with E-state index in [-0.39, 0.29) is 11.9 Å². The van der Waals surface area contributed by atoms with Crippen LogP contribution in [-0.4, -0.2) is 30.4 Å². The summed E-state index contributed by atoms with van der Waals surface area (Å²) >= 11 is 5.10. The van der Waals surface area contributed by atoms with Crippen molar-refractivity contribution in [3.05, 3.63) is 20.8 Å². The summed E-state index contributed by atoms with van der Waals surface area (Å²) in [5.41, 5.74) is 0. The molecule has 1 aliphatic rings. The minimum atomic E-state index is 0.0217. The standard InChI is InChI=1S/C10H13BrN2OS/c1-12-9-2-3-13(10(9)14)5-8-4-7(11)6-15-8/h4,6,9,12H,2-3,5H2,1H3. The summed E-state index contributed by atoms with van der Waals surface area (Å²) in [5.74, 6) is 0.224. The van der Waals surface area contributed by atoms with Crippen molar-refractivity contribution in [2.24, 2.45) is 0 Å². The van der Waals surface area contributed by atoms with E-state index in [0.717, 1.165) is 24.0 Å². The van der Waals surface area contributed by atoms with E-state index < -0.39 is 0 Å². The molecule has 0 bridgehead atoms. The molecule has 3 nitrogen and oxygen atoms in total. The van der Waals surface area contributed by atoms with Crippen molar-refractivity contribution in [2.45, 2.75) is 19.0 Å². The maximum atomic E-state index is 11.8. The molecule has 0 saturated carbocycles. The summed E-state index contributed by atoms with van der Waals surface area (Å²) < 4.78 is 1.10. The molecule has 1 saturated heterocycles. The number of likely N-dealkylation sites (N-methyl/N-ethyl adjacent to an activating group) is 1. The molecule has 82 valence electrons. The van der Waals surface area contributed by atoms with Crippen molar-refractivity contribution in [1.82, 2.24) is 10.2 Å². The van der Waals surface area contributed by atoms with Gasteiger partial charge in [-0.1, -0.05) is 0 Å². The lowest BCUT2D eigenvalue weighted by molar-refractivity contribution is -0.129. The molecule has 2 rings (SSSR count). The van der Waals surface area contributed by atoms with Crippen LogP contribution in [-0.2, 0) is 11.3 Å². The fourth-order valence-electron chi connectivity index (χ4n) is 1.79. The number of likely N-dealkylation sites (tertiary alicyclic amines) is 1. The first-order valence-electron chi connectivity index (χ1n) is 4.89. The Morgan fingerprint density at radius 2 is 2.53 bits per heavy atom. The highest BCUT2D eigenvalue weighted by Gasteiger charge is 2.30. The second kappa shape index (κ2) is 4.63. The van der Waals surface area contributed by atoms with Crippen LogP contribution in [0.15, 0.2) is 15.9 Å². The Labute approximate surface area is 102 Å². The minimum Gasteiger partial charge on any atom is -0.336 e. The second-order valence-corrected chi connectivity index (χ2v) is 5.53. The molecule has 5 heteroatoms. The summed E-state index contributed by atoms with van der Waals surface area (Å²) in [6.07, 6.45) is 0.919. The van der Waals surface area contributed by atoms with Crippen LogP contribution in [0.25, 0.3) is 0 Å². The summed E-state index contributed by atoms with van der Waals surface area (Å²) in [5, 5.41) is 5.08. The zero-order valence-corrected chi connectivity index (χ0v) is 10.9. The molecule has 1 atom stereocenters. The molecule has 0 spiro atoms. The van der Waals surface area contributed by atoms with E-state index in [1.807, 2.05) is 17.3 Å². The Bertz CT molecular complexity index is 366. The van der Waals surface area contributed by atoms with E-state index in [4.69, 9.17) is 0 Å². The average molecular weight is 289 g/mol. The second-order valence-electron chi connectivity index (χ2n) is 3.62. The van der Waals surface area contributed by atoms with Crippen LogP contribution in [0.4, 0.5) is 0 Å². The summed E-state index contributed by atoms with van der Waals surface area (Å²) in [4.78, 5) is 14.9. The zero-order valence-electron chi connectivity index (χ0n) is 8.50. The Hall–Kier alpha value is -0.390. The fraction of sp³-hybridized carbons (Fsp3) is 0.500. The Morgan fingerprint density at radius 3 is 3.07 bits per heavy atom. The lowest BCUT2D eigenvalue weighted by Crippen LogP contribution is -2.35. The van der Waals surface area contributed by atoms with Crippen LogP contribution in [0.1, 0.15) is 11.3 Å². The maximum Gasteiger partial charge on any atom is 0.240 e. The third-order valence-corrected chi connectivity index (χ3v) is 4.30. The van der Waals surface area contributed by atoms with E-state index in [0.29, 0.717) is 0 Å². The molecule has 1 unspecified atom stereocenters. The molecule has 1 aromatic heterocycles. The van der Waals surface area contributed by atoms with E-state index in [1.165, 1.54) is 4.88 Å². The number of amides is 1. The van der Waals surface area contributed by atoms with Crippen LogP contribution < -0.4 is 5.32 Å². The predicted molar refractivity (Wildman–Crippen MR) is 64.9 cm³/mol. The van der Waals surface area contributed by atoms with Crippen molar-refractivity contribution in [2.75, 3.05) is 13.6 Å². The molecular formula is C10H13BrN2OS. The number of nitrogens with zero attached hydrogens (tertiary/aromatic N) is 1. The van der Waals surface area contributed by atoms with Gasteiger partial charge in [0, 0.05) is 21.3 Å². The van der Waals surface area contributed by atoms with Gasteiger partial charge >= 0.3 is 0 Å². The van der Waals surface area contributed by atoms with Crippen LogP contribution >= 0.6 is 27.3 Å². The number of rotatable bonds is 3. The van der Waals surface area contributed by atoms with Gasteiger partial charge in [-0.25, -0.2) is 0 Å². The summed E-state index contributed by atoms with van der Waals surface area (Å²) in [7, 11) is 1.84. The quantitative estimate of drug-likeness (QED) is 0.920. The van der Waals surface area contributed by atoms with Crippen molar-refractivity contribution in [1.29, 1.82) is 0 Å². The molecule has 1 amide bonds. The van der Waals surface area contributed by atoms with Gasteiger partial charge in [-0.15, -0.1) is 11.3 Å². The molecule has 0 aromatic carbocycles. The van der Waals surface area contributed by atoms with Crippen LogP contribution in [0.3, 0.4) is 0 Å². The summed E-state index contributed by atoms with van der Waals surface area (Å²) in [6.45, 7) is 1.60. The van der Waals surface area contributed by atoms with E-state index >= 15 is 0 Å².